The smallest absolute Gasteiger partial charge is 0.0323 e. The lowest BCUT2D eigenvalue weighted by atomic mass is 9.84. The highest BCUT2D eigenvalue weighted by atomic mass is 14.6. The molecule has 1 aromatic rings. The Balaban J connectivity index is 2.87. The van der Waals surface area contributed by atoms with E-state index >= 15 is 0 Å². The van der Waals surface area contributed by atoms with Gasteiger partial charge in [0.25, 0.3) is 0 Å². The summed E-state index contributed by atoms with van der Waals surface area (Å²) < 4.78 is 0. The van der Waals surface area contributed by atoms with Crippen LogP contribution >= 0.6 is 0 Å². The van der Waals surface area contributed by atoms with Gasteiger partial charge in [0.05, 0.1) is 0 Å². The predicted octanol–water partition coefficient (Wildman–Crippen LogP) is 4.42. The molecule has 0 aliphatic rings. The standard InChI is InChI=1S/C16H27N/c1-6-12(7-2)15(17)13-8-10-14(11-9-13)16(3,4)5/h8-12,15H,6-7,17H2,1-5H3. The molecule has 0 fully saturated rings. The highest BCUT2D eigenvalue weighted by Gasteiger charge is 2.17. The molecule has 0 heterocycles. The molecule has 1 unspecified atom stereocenters. The Kier molecular flexibility index (Phi) is 4.76. The van der Waals surface area contributed by atoms with Crippen LogP contribution in [0.5, 0.6) is 0 Å². The van der Waals surface area contributed by atoms with Crippen molar-refractivity contribution in [2.75, 3.05) is 0 Å². The largest absolute Gasteiger partial charge is 0.324 e. The summed E-state index contributed by atoms with van der Waals surface area (Å²) in [5.74, 6) is 0.593. The Hall–Kier alpha value is -0.820. The summed E-state index contributed by atoms with van der Waals surface area (Å²) >= 11 is 0. The average molecular weight is 233 g/mol. The van der Waals surface area contributed by atoms with Crippen LogP contribution < -0.4 is 5.73 Å². The van der Waals surface area contributed by atoms with Gasteiger partial charge in [0.1, 0.15) is 0 Å². The van der Waals surface area contributed by atoms with Gasteiger partial charge in [0.15, 0.2) is 0 Å². The van der Waals surface area contributed by atoms with Crippen molar-refractivity contribution in [1.82, 2.24) is 0 Å². The number of hydrogen-bond donors (Lipinski definition) is 1. The van der Waals surface area contributed by atoms with Gasteiger partial charge < -0.3 is 5.73 Å². The van der Waals surface area contributed by atoms with E-state index in [1.807, 2.05) is 0 Å². The van der Waals surface area contributed by atoms with E-state index in [-0.39, 0.29) is 11.5 Å². The van der Waals surface area contributed by atoms with Crippen LogP contribution in [0.4, 0.5) is 0 Å². The monoisotopic (exact) mass is 233 g/mol. The molecule has 0 aliphatic carbocycles. The molecule has 1 heteroatoms. The fourth-order valence-electron chi connectivity index (χ4n) is 2.27. The van der Waals surface area contributed by atoms with Crippen molar-refractivity contribution in [1.29, 1.82) is 0 Å². The van der Waals surface area contributed by atoms with E-state index in [2.05, 4.69) is 58.9 Å². The summed E-state index contributed by atoms with van der Waals surface area (Å²) in [5.41, 5.74) is 9.18. The summed E-state index contributed by atoms with van der Waals surface area (Å²) in [7, 11) is 0. The van der Waals surface area contributed by atoms with Crippen molar-refractivity contribution in [3.63, 3.8) is 0 Å². The Morgan fingerprint density at radius 1 is 1.00 bits per heavy atom. The Morgan fingerprint density at radius 3 is 1.82 bits per heavy atom. The SMILES string of the molecule is CCC(CC)C(N)c1ccc(C(C)(C)C)cc1. The van der Waals surface area contributed by atoms with Gasteiger partial charge in [-0.1, -0.05) is 71.7 Å². The van der Waals surface area contributed by atoms with E-state index in [0.717, 1.165) is 12.8 Å². The predicted molar refractivity (Wildman–Crippen MR) is 76.1 cm³/mol. The van der Waals surface area contributed by atoms with Gasteiger partial charge >= 0.3 is 0 Å². The molecule has 0 radical (unpaired) electrons. The summed E-state index contributed by atoms with van der Waals surface area (Å²) in [6, 6.07) is 9.02. The van der Waals surface area contributed by atoms with Crippen LogP contribution in [0.2, 0.25) is 0 Å². The molecule has 17 heavy (non-hydrogen) atoms. The summed E-state index contributed by atoms with van der Waals surface area (Å²) in [4.78, 5) is 0. The van der Waals surface area contributed by atoms with E-state index in [1.54, 1.807) is 0 Å². The van der Waals surface area contributed by atoms with Crippen LogP contribution in [0.25, 0.3) is 0 Å². The summed E-state index contributed by atoms with van der Waals surface area (Å²) in [6.07, 6.45) is 2.30. The van der Waals surface area contributed by atoms with Crippen molar-refractivity contribution < 1.29 is 0 Å². The molecule has 1 rings (SSSR count). The highest BCUT2D eigenvalue weighted by molar-refractivity contribution is 5.29. The molecule has 0 aliphatic heterocycles. The maximum Gasteiger partial charge on any atom is 0.0323 e. The minimum Gasteiger partial charge on any atom is -0.324 e. The minimum absolute atomic E-state index is 0.180. The molecule has 1 aromatic carbocycles. The van der Waals surface area contributed by atoms with E-state index in [4.69, 9.17) is 5.73 Å². The number of benzene rings is 1. The third-order valence-corrected chi connectivity index (χ3v) is 3.72. The van der Waals surface area contributed by atoms with Crippen molar-refractivity contribution in [2.24, 2.45) is 11.7 Å². The van der Waals surface area contributed by atoms with Gasteiger partial charge in [-0.15, -0.1) is 0 Å². The molecule has 1 nitrogen and oxygen atoms in total. The Bertz CT molecular complexity index is 328. The second-order valence-corrected chi connectivity index (χ2v) is 5.97. The van der Waals surface area contributed by atoms with Crippen LogP contribution in [0.3, 0.4) is 0 Å². The van der Waals surface area contributed by atoms with Crippen molar-refractivity contribution in [2.45, 2.75) is 58.9 Å². The number of rotatable bonds is 4. The maximum atomic E-state index is 6.32. The average Bonchev–Trinajstić information content (AvgIpc) is 2.29. The minimum atomic E-state index is 0.180. The molecule has 0 amide bonds. The lowest BCUT2D eigenvalue weighted by Gasteiger charge is -2.23. The Labute approximate surface area is 106 Å². The zero-order valence-corrected chi connectivity index (χ0v) is 12.0. The van der Waals surface area contributed by atoms with Gasteiger partial charge in [-0.2, -0.15) is 0 Å². The van der Waals surface area contributed by atoms with Crippen LogP contribution in [-0.4, -0.2) is 0 Å². The molecule has 2 N–H and O–H groups in total. The summed E-state index contributed by atoms with van der Waals surface area (Å²) in [5, 5.41) is 0. The van der Waals surface area contributed by atoms with Crippen molar-refractivity contribution in [3.8, 4) is 0 Å². The van der Waals surface area contributed by atoms with E-state index in [1.165, 1.54) is 11.1 Å². The van der Waals surface area contributed by atoms with Crippen molar-refractivity contribution >= 4 is 0 Å². The zero-order chi connectivity index (χ0) is 13.1. The molecular weight excluding hydrogens is 206 g/mol. The van der Waals surface area contributed by atoms with Crippen LogP contribution in [0.1, 0.15) is 64.6 Å². The number of nitrogens with two attached hydrogens (primary N) is 1. The zero-order valence-electron chi connectivity index (χ0n) is 12.0. The molecule has 0 bridgehead atoms. The van der Waals surface area contributed by atoms with Gasteiger partial charge in [0.2, 0.25) is 0 Å². The lowest BCUT2D eigenvalue weighted by molar-refractivity contribution is 0.405. The first-order chi connectivity index (χ1) is 7.90. The topological polar surface area (TPSA) is 26.0 Å². The fraction of sp³-hybridized carbons (Fsp3) is 0.625. The van der Waals surface area contributed by atoms with Crippen LogP contribution in [0, 0.1) is 5.92 Å². The van der Waals surface area contributed by atoms with E-state index < -0.39 is 0 Å². The normalized spacial score (nSPS) is 14.1. The maximum absolute atomic E-state index is 6.32. The second kappa shape index (κ2) is 5.68. The third kappa shape index (κ3) is 3.57. The molecule has 0 aromatic heterocycles. The first kappa shape index (κ1) is 14.2. The third-order valence-electron chi connectivity index (χ3n) is 3.72. The van der Waals surface area contributed by atoms with Crippen LogP contribution in [-0.2, 0) is 5.41 Å². The van der Waals surface area contributed by atoms with Crippen molar-refractivity contribution in [3.05, 3.63) is 35.4 Å². The van der Waals surface area contributed by atoms with E-state index in [0.29, 0.717) is 5.92 Å². The molecule has 0 spiro atoms. The summed E-state index contributed by atoms with van der Waals surface area (Å²) in [6.45, 7) is 11.2. The highest BCUT2D eigenvalue weighted by Crippen LogP contribution is 2.28. The molecule has 96 valence electrons. The molecule has 1 atom stereocenters. The molecular formula is C16H27N. The van der Waals surface area contributed by atoms with Gasteiger partial charge in [-0.3, -0.25) is 0 Å². The Morgan fingerprint density at radius 2 is 1.47 bits per heavy atom. The second-order valence-electron chi connectivity index (χ2n) is 5.97. The van der Waals surface area contributed by atoms with Crippen LogP contribution in [0.15, 0.2) is 24.3 Å². The van der Waals surface area contributed by atoms with Gasteiger partial charge in [-0.25, -0.2) is 0 Å². The quantitative estimate of drug-likeness (QED) is 0.818. The lowest BCUT2D eigenvalue weighted by Crippen LogP contribution is -2.20. The van der Waals surface area contributed by atoms with E-state index in [9.17, 15) is 0 Å². The number of hydrogen-bond acceptors (Lipinski definition) is 1. The fourth-order valence-corrected chi connectivity index (χ4v) is 2.27. The first-order valence-electron chi connectivity index (χ1n) is 6.76. The molecule has 0 saturated heterocycles. The molecule has 0 saturated carbocycles. The van der Waals surface area contributed by atoms with Gasteiger partial charge in [0, 0.05) is 6.04 Å². The van der Waals surface area contributed by atoms with Gasteiger partial charge in [-0.05, 0) is 22.5 Å². The first-order valence-corrected chi connectivity index (χ1v) is 6.76.